The quantitative estimate of drug-likeness (QED) is 0.807. The van der Waals surface area contributed by atoms with Crippen LogP contribution in [0.25, 0.3) is 0 Å². The van der Waals surface area contributed by atoms with E-state index in [0.29, 0.717) is 24.4 Å². The van der Waals surface area contributed by atoms with Crippen LogP contribution in [0.15, 0.2) is 0 Å². The largest absolute Gasteiger partial charge is 0.465 e. The standard InChI is InChI=1S/C18H30O3/c1-12(11-21-17(20)13-5-3-6-13)14-8-9-15-16(19)7-4-10-18(14,15)2/h12-16,19H,3-11H2,1-2H3/t12-,14-,15+,16+,18-/m1/s1. The van der Waals surface area contributed by atoms with Crippen molar-refractivity contribution in [3.8, 4) is 0 Å². The monoisotopic (exact) mass is 294 g/mol. The third-order valence-electron chi connectivity index (χ3n) is 6.78. The van der Waals surface area contributed by atoms with E-state index in [2.05, 4.69) is 13.8 Å². The van der Waals surface area contributed by atoms with Crippen LogP contribution < -0.4 is 0 Å². The number of ether oxygens (including phenoxy) is 1. The van der Waals surface area contributed by atoms with Crippen LogP contribution in [0.5, 0.6) is 0 Å². The Hall–Kier alpha value is -0.570. The SMILES string of the molecule is C[C@H](COC(=O)C1CCC1)[C@H]1CC[C@H]2[C@@H](O)CCC[C@]12C. The molecule has 3 saturated carbocycles. The third kappa shape index (κ3) is 2.74. The Labute approximate surface area is 128 Å². The van der Waals surface area contributed by atoms with E-state index in [1.807, 2.05) is 0 Å². The molecule has 0 aliphatic heterocycles. The van der Waals surface area contributed by atoms with Crippen LogP contribution in [0.4, 0.5) is 0 Å². The van der Waals surface area contributed by atoms with Gasteiger partial charge in [0.15, 0.2) is 0 Å². The Balaban J connectivity index is 1.56. The third-order valence-corrected chi connectivity index (χ3v) is 6.78. The first kappa shape index (κ1) is 15.3. The van der Waals surface area contributed by atoms with E-state index in [-0.39, 0.29) is 23.4 Å². The van der Waals surface area contributed by atoms with Crippen LogP contribution in [-0.2, 0) is 9.53 Å². The molecule has 3 fully saturated rings. The van der Waals surface area contributed by atoms with Crippen molar-refractivity contribution in [3.63, 3.8) is 0 Å². The van der Waals surface area contributed by atoms with E-state index >= 15 is 0 Å². The van der Waals surface area contributed by atoms with Crippen LogP contribution in [0.2, 0.25) is 0 Å². The average Bonchev–Trinajstić information content (AvgIpc) is 2.72. The van der Waals surface area contributed by atoms with Gasteiger partial charge in [-0.05, 0) is 61.7 Å². The molecule has 5 atom stereocenters. The highest BCUT2D eigenvalue weighted by atomic mass is 16.5. The molecule has 3 aliphatic carbocycles. The van der Waals surface area contributed by atoms with Crippen LogP contribution in [0.3, 0.4) is 0 Å². The fraction of sp³-hybridized carbons (Fsp3) is 0.944. The zero-order valence-corrected chi connectivity index (χ0v) is 13.5. The molecule has 0 unspecified atom stereocenters. The van der Waals surface area contributed by atoms with Gasteiger partial charge in [-0.3, -0.25) is 4.79 Å². The van der Waals surface area contributed by atoms with Gasteiger partial charge in [-0.1, -0.05) is 26.7 Å². The predicted octanol–water partition coefficient (Wildman–Crippen LogP) is 3.54. The number of carbonyl (C=O) groups is 1. The second kappa shape index (κ2) is 5.91. The summed E-state index contributed by atoms with van der Waals surface area (Å²) < 4.78 is 5.57. The first-order valence-electron chi connectivity index (χ1n) is 8.87. The highest BCUT2D eigenvalue weighted by Gasteiger charge is 2.52. The number of aliphatic hydroxyl groups is 1. The minimum absolute atomic E-state index is 0.0245. The highest BCUT2D eigenvalue weighted by molar-refractivity contribution is 5.73. The topological polar surface area (TPSA) is 46.5 Å². The van der Waals surface area contributed by atoms with Gasteiger partial charge in [-0.15, -0.1) is 0 Å². The summed E-state index contributed by atoms with van der Waals surface area (Å²) >= 11 is 0. The number of rotatable bonds is 4. The van der Waals surface area contributed by atoms with Crippen molar-refractivity contribution in [3.05, 3.63) is 0 Å². The van der Waals surface area contributed by atoms with Crippen LogP contribution in [0.1, 0.15) is 65.2 Å². The maximum absolute atomic E-state index is 11.9. The first-order valence-corrected chi connectivity index (χ1v) is 8.87. The second-order valence-electron chi connectivity index (χ2n) is 7.99. The van der Waals surface area contributed by atoms with Gasteiger partial charge in [0, 0.05) is 0 Å². The molecule has 3 aliphatic rings. The van der Waals surface area contributed by atoms with Crippen molar-refractivity contribution in [2.75, 3.05) is 6.61 Å². The summed E-state index contributed by atoms with van der Waals surface area (Å²) in [6.07, 6.45) is 8.75. The van der Waals surface area contributed by atoms with Gasteiger partial charge in [0.2, 0.25) is 0 Å². The van der Waals surface area contributed by atoms with E-state index in [0.717, 1.165) is 32.1 Å². The van der Waals surface area contributed by atoms with E-state index in [1.165, 1.54) is 19.3 Å². The zero-order chi connectivity index (χ0) is 15.0. The normalized spacial score (nSPS) is 41.2. The molecule has 0 amide bonds. The maximum Gasteiger partial charge on any atom is 0.308 e. The molecule has 21 heavy (non-hydrogen) atoms. The molecule has 3 rings (SSSR count). The zero-order valence-electron chi connectivity index (χ0n) is 13.5. The van der Waals surface area contributed by atoms with Crippen molar-refractivity contribution >= 4 is 5.97 Å². The molecule has 0 saturated heterocycles. The summed E-state index contributed by atoms with van der Waals surface area (Å²) in [4.78, 5) is 11.9. The Morgan fingerprint density at radius 1 is 1.24 bits per heavy atom. The number of fused-ring (bicyclic) bond motifs is 1. The fourth-order valence-corrected chi connectivity index (χ4v) is 5.22. The lowest BCUT2D eigenvalue weighted by molar-refractivity contribution is -0.154. The van der Waals surface area contributed by atoms with Crippen molar-refractivity contribution < 1.29 is 14.6 Å². The number of esters is 1. The molecule has 120 valence electrons. The van der Waals surface area contributed by atoms with Crippen molar-refractivity contribution in [1.29, 1.82) is 0 Å². The van der Waals surface area contributed by atoms with E-state index < -0.39 is 0 Å². The summed E-state index contributed by atoms with van der Waals surface area (Å²) in [7, 11) is 0. The van der Waals surface area contributed by atoms with Crippen molar-refractivity contribution in [2.45, 2.75) is 71.3 Å². The summed E-state index contributed by atoms with van der Waals surface area (Å²) in [5, 5.41) is 10.3. The Kier molecular flexibility index (Phi) is 4.31. The molecule has 1 N–H and O–H groups in total. The lowest BCUT2D eigenvalue weighted by Gasteiger charge is -2.45. The molecule has 3 nitrogen and oxygen atoms in total. The fourth-order valence-electron chi connectivity index (χ4n) is 5.22. The predicted molar refractivity (Wildman–Crippen MR) is 81.6 cm³/mol. The first-order chi connectivity index (χ1) is 10.0. The van der Waals surface area contributed by atoms with Gasteiger partial charge >= 0.3 is 5.97 Å². The average molecular weight is 294 g/mol. The number of hydrogen-bond donors (Lipinski definition) is 1. The van der Waals surface area contributed by atoms with Gasteiger partial charge in [-0.25, -0.2) is 0 Å². The number of aliphatic hydroxyl groups excluding tert-OH is 1. The molecular weight excluding hydrogens is 264 g/mol. The highest BCUT2D eigenvalue weighted by Crippen LogP contribution is 2.57. The molecule has 0 radical (unpaired) electrons. The van der Waals surface area contributed by atoms with Gasteiger partial charge in [0.25, 0.3) is 0 Å². The molecule has 0 bridgehead atoms. The summed E-state index contributed by atoms with van der Waals surface area (Å²) in [5.74, 6) is 1.67. The van der Waals surface area contributed by atoms with Gasteiger partial charge in [-0.2, -0.15) is 0 Å². The number of hydrogen-bond acceptors (Lipinski definition) is 3. The van der Waals surface area contributed by atoms with Crippen LogP contribution in [0, 0.1) is 29.1 Å². The van der Waals surface area contributed by atoms with Gasteiger partial charge in [0.1, 0.15) is 0 Å². The minimum Gasteiger partial charge on any atom is -0.465 e. The van der Waals surface area contributed by atoms with Crippen LogP contribution >= 0.6 is 0 Å². The van der Waals surface area contributed by atoms with E-state index in [1.54, 1.807) is 0 Å². The van der Waals surface area contributed by atoms with Gasteiger partial charge < -0.3 is 9.84 Å². The smallest absolute Gasteiger partial charge is 0.308 e. The lowest BCUT2D eigenvalue weighted by atomic mass is 9.62. The van der Waals surface area contributed by atoms with Gasteiger partial charge in [0.05, 0.1) is 18.6 Å². The number of carbonyl (C=O) groups excluding carboxylic acids is 1. The summed E-state index contributed by atoms with van der Waals surface area (Å²) in [6.45, 7) is 5.16. The maximum atomic E-state index is 11.9. The Bertz CT molecular complexity index is 390. The molecule has 3 heteroatoms. The molecule has 0 heterocycles. The van der Waals surface area contributed by atoms with Crippen molar-refractivity contribution in [2.24, 2.45) is 29.1 Å². The molecule has 0 aromatic heterocycles. The lowest BCUT2D eigenvalue weighted by Crippen LogP contribution is -2.42. The van der Waals surface area contributed by atoms with E-state index in [4.69, 9.17) is 4.74 Å². The second-order valence-corrected chi connectivity index (χ2v) is 7.99. The summed E-state index contributed by atoms with van der Waals surface area (Å²) in [5.41, 5.74) is 0.250. The summed E-state index contributed by atoms with van der Waals surface area (Å²) in [6, 6.07) is 0. The molecular formula is C18H30O3. The molecule has 0 aromatic carbocycles. The van der Waals surface area contributed by atoms with E-state index in [9.17, 15) is 9.90 Å². The Morgan fingerprint density at radius 3 is 2.67 bits per heavy atom. The molecule has 0 spiro atoms. The van der Waals surface area contributed by atoms with Crippen molar-refractivity contribution in [1.82, 2.24) is 0 Å². The Morgan fingerprint density at radius 2 is 2.00 bits per heavy atom. The molecule has 0 aromatic rings. The van der Waals surface area contributed by atoms with Crippen LogP contribution in [-0.4, -0.2) is 23.8 Å². The minimum atomic E-state index is -0.113.